The molecule has 2 rings (SSSR count). The van der Waals surface area contributed by atoms with Gasteiger partial charge in [0.2, 0.25) is 0 Å². The van der Waals surface area contributed by atoms with Gasteiger partial charge < -0.3 is 9.84 Å². The van der Waals surface area contributed by atoms with Crippen LogP contribution >= 0.6 is 22.6 Å². The first-order chi connectivity index (χ1) is 6.97. The molecule has 0 saturated carbocycles. The van der Waals surface area contributed by atoms with Gasteiger partial charge in [-0.15, -0.1) is 0 Å². The van der Waals surface area contributed by atoms with Crippen LogP contribution in [0.2, 0.25) is 0 Å². The van der Waals surface area contributed by atoms with E-state index in [1.165, 1.54) is 7.11 Å². The van der Waals surface area contributed by atoms with E-state index in [0.717, 1.165) is 0 Å². The van der Waals surface area contributed by atoms with Gasteiger partial charge in [-0.25, -0.2) is 8.78 Å². The fraction of sp³-hybridized carbons (Fsp3) is 0.400. The lowest BCUT2D eigenvalue weighted by Crippen LogP contribution is -2.21. The van der Waals surface area contributed by atoms with Crippen LogP contribution in [0.1, 0.15) is 17.2 Å². The maximum atomic E-state index is 13.3. The second-order valence-corrected chi connectivity index (χ2v) is 4.64. The largest absolute Gasteiger partial charge is 0.496 e. The molecule has 0 amide bonds. The van der Waals surface area contributed by atoms with Crippen LogP contribution in [0.5, 0.6) is 5.75 Å². The molecular formula is C10H9F2IO2. The van der Waals surface area contributed by atoms with Gasteiger partial charge in [0.15, 0.2) is 0 Å². The molecular weight excluding hydrogens is 317 g/mol. The third kappa shape index (κ3) is 1.61. The summed E-state index contributed by atoms with van der Waals surface area (Å²) in [5, 5.41) is 9.50. The topological polar surface area (TPSA) is 29.5 Å². The van der Waals surface area contributed by atoms with Gasteiger partial charge in [-0.3, -0.25) is 0 Å². The van der Waals surface area contributed by atoms with E-state index in [9.17, 15) is 13.9 Å². The molecule has 0 saturated heterocycles. The Bertz CT molecular complexity index is 407. The maximum absolute atomic E-state index is 13.3. The normalized spacial score (nSPS) is 22.6. The van der Waals surface area contributed by atoms with Crippen LogP contribution in [0.15, 0.2) is 12.1 Å². The first-order valence-corrected chi connectivity index (χ1v) is 5.46. The van der Waals surface area contributed by atoms with Crippen LogP contribution in [0.25, 0.3) is 0 Å². The number of rotatable bonds is 1. The van der Waals surface area contributed by atoms with Gasteiger partial charge in [0.05, 0.1) is 7.11 Å². The van der Waals surface area contributed by atoms with E-state index in [4.69, 9.17) is 4.74 Å². The van der Waals surface area contributed by atoms with Crippen LogP contribution in [-0.4, -0.2) is 18.1 Å². The van der Waals surface area contributed by atoms with E-state index < -0.39 is 18.4 Å². The van der Waals surface area contributed by atoms with Gasteiger partial charge in [0.25, 0.3) is 5.92 Å². The highest BCUT2D eigenvalue weighted by Gasteiger charge is 2.48. The van der Waals surface area contributed by atoms with Crippen molar-refractivity contribution in [2.45, 2.75) is 18.4 Å². The summed E-state index contributed by atoms with van der Waals surface area (Å²) in [6.07, 6.45) is -2.17. The molecule has 0 aromatic heterocycles. The summed E-state index contributed by atoms with van der Waals surface area (Å²) in [7, 11) is 1.44. The molecule has 1 aliphatic carbocycles. The zero-order valence-corrected chi connectivity index (χ0v) is 10.1. The second kappa shape index (κ2) is 3.55. The molecule has 0 bridgehead atoms. The number of hydrogen-bond donors (Lipinski definition) is 1. The van der Waals surface area contributed by atoms with Gasteiger partial charge in [-0.2, -0.15) is 0 Å². The first-order valence-electron chi connectivity index (χ1n) is 4.38. The molecule has 15 heavy (non-hydrogen) atoms. The van der Waals surface area contributed by atoms with Crippen LogP contribution in [0.3, 0.4) is 0 Å². The zero-order chi connectivity index (χ0) is 11.2. The third-order valence-corrected chi connectivity index (χ3v) is 3.51. The molecule has 82 valence electrons. The van der Waals surface area contributed by atoms with Crippen molar-refractivity contribution in [3.05, 3.63) is 26.8 Å². The summed E-state index contributed by atoms with van der Waals surface area (Å²) in [4.78, 5) is 0. The predicted octanol–water partition coefficient (Wildman–Crippen LogP) is 2.52. The van der Waals surface area contributed by atoms with Crippen molar-refractivity contribution in [1.29, 1.82) is 0 Å². The average Bonchev–Trinajstić information content (AvgIpc) is 2.40. The number of fused-ring (bicyclic) bond motifs is 1. The smallest absolute Gasteiger partial charge is 0.281 e. The Morgan fingerprint density at radius 3 is 2.80 bits per heavy atom. The molecule has 0 heterocycles. The molecule has 0 radical (unpaired) electrons. The summed E-state index contributed by atoms with van der Waals surface area (Å²) in [6.45, 7) is 0. The number of hydrogen-bond acceptors (Lipinski definition) is 2. The van der Waals surface area contributed by atoms with E-state index in [0.29, 0.717) is 20.4 Å². The van der Waals surface area contributed by atoms with Crippen molar-refractivity contribution in [3.8, 4) is 5.75 Å². The molecule has 1 aliphatic rings. The Morgan fingerprint density at radius 1 is 1.53 bits per heavy atom. The van der Waals surface area contributed by atoms with Crippen molar-refractivity contribution >= 4 is 22.6 Å². The number of ether oxygens (including phenoxy) is 1. The SMILES string of the molecule is COc1ccc(I)c2c1CC(F)(F)[C@H]2O. The molecule has 0 spiro atoms. The number of halogens is 3. The van der Waals surface area contributed by atoms with Gasteiger partial charge in [0, 0.05) is 21.1 Å². The highest BCUT2D eigenvalue weighted by molar-refractivity contribution is 14.1. The van der Waals surface area contributed by atoms with E-state index in [1.807, 2.05) is 22.6 Å². The Morgan fingerprint density at radius 2 is 2.20 bits per heavy atom. The zero-order valence-electron chi connectivity index (χ0n) is 7.93. The fourth-order valence-electron chi connectivity index (χ4n) is 1.83. The minimum Gasteiger partial charge on any atom is -0.496 e. The lowest BCUT2D eigenvalue weighted by Gasteiger charge is -2.13. The lowest BCUT2D eigenvalue weighted by atomic mass is 10.1. The van der Waals surface area contributed by atoms with Gasteiger partial charge in [-0.05, 0) is 34.7 Å². The van der Waals surface area contributed by atoms with Crippen LogP contribution < -0.4 is 4.74 Å². The highest BCUT2D eigenvalue weighted by atomic mass is 127. The predicted molar refractivity (Wildman–Crippen MR) is 59.3 cm³/mol. The van der Waals surface area contributed by atoms with E-state index >= 15 is 0 Å². The molecule has 0 aliphatic heterocycles. The molecule has 2 nitrogen and oxygen atoms in total. The highest BCUT2D eigenvalue weighted by Crippen LogP contribution is 2.47. The van der Waals surface area contributed by atoms with E-state index in [1.54, 1.807) is 12.1 Å². The quantitative estimate of drug-likeness (QED) is 0.804. The summed E-state index contributed by atoms with van der Waals surface area (Å²) < 4.78 is 32.3. The Hall–Kier alpha value is -0.430. The standard InChI is InChI=1S/C10H9F2IO2/c1-15-7-3-2-6(13)8-5(7)4-10(11,12)9(8)14/h2-3,9,14H,4H2,1H3/t9-/m0/s1. The summed E-state index contributed by atoms with van der Waals surface area (Å²) >= 11 is 1.94. The molecule has 1 atom stereocenters. The van der Waals surface area contributed by atoms with Crippen molar-refractivity contribution in [2.75, 3.05) is 7.11 Å². The van der Waals surface area contributed by atoms with E-state index in [-0.39, 0.29) is 0 Å². The Kier molecular flexibility index (Phi) is 2.62. The van der Waals surface area contributed by atoms with Gasteiger partial charge in [0.1, 0.15) is 11.9 Å². The summed E-state index contributed by atoms with van der Waals surface area (Å²) in [5.41, 5.74) is 0.724. The number of aliphatic hydroxyl groups excluding tert-OH is 1. The number of alkyl halides is 2. The van der Waals surface area contributed by atoms with Gasteiger partial charge in [-0.1, -0.05) is 0 Å². The van der Waals surface area contributed by atoms with Crippen LogP contribution in [0.4, 0.5) is 8.78 Å². The van der Waals surface area contributed by atoms with Gasteiger partial charge >= 0.3 is 0 Å². The van der Waals surface area contributed by atoms with Crippen molar-refractivity contribution < 1.29 is 18.6 Å². The summed E-state index contributed by atoms with van der Waals surface area (Å²) in [6, 6.07) is 3.32. The Balaban J connectivity index is 2.61. The summed E-state index contributed by atoms with van der Waals surface area (Å²) in [5.74, 6) is -2.67. The minimum atomic E-state index is -3.09. The van der Waals surface area contributed by atoms with Crippen molar-refractivity contribution in [2.24, 2.45) is 0 Å². The van der Waals surface area contributed by atoms with Crippen molar-refractivity contribution in [3.63, 3.8) is 0 Å². The minimum absolute atomic E-state index is 0.306. The number of methoxy groups -OCH3 is 1. The lowest BCUT2D eigenvalue weighted by molar-refractivity contribution is -0.0971. The maximum Gasteiger partial charge on any atom is 0.281 e. The molecule has 0 unspecified atom stereocenters. The molecule has 1 aromatic rings. The molecule has 1 N–H and O–H groups in total. The van der Waals surface area contributed by atoms with Crippen LogP contribution in [-0.2, 0) is 6.42 Å². The van der Waals surface area contributed by atoms with E-state index in [2.05, 4.69) is 0 Å². The average molecular weight is 326 g/mol. The van der Waals surface area contributed by atoms with Crippen LogP contribution in [0, 0.1) is 3.57 Å². The third-order valence-electron chi connectivity index (χ3n) is 2.57. The second-order valence-electron chi connectivity index (χ2n) is 3.48. The monoisotopic (exact) mass is 326 g/mol. The number of aliphatic hydroxyl groups is 1. The van der Waals surface area contributed by atoms with Crippen molar-refractivity contribution in [1.82, 2.24) is 0 Å². The molecule has 0 fully saturated rings. The molecule has 5 heteroatoms. The fourth-order valence-corrected chi connectivity index (χ4v) is 2.63. The molecule has 1 aromatic carbocycles. The number of benzene rings is 1. The Labute approximate surface area is 99.4 Å². The first kappa shape index (κ1) is 11.1.